The maximum absolute atomic E-state index is 11.6. The summed E-state index contributed by atoms with van der Waals surface area (Å²) in [7, 11) is 0. The maximum atomic E-state index is 11.6. The predicted octanol–water partition coefficient (Wildman–Crippen LogP) is 2.38. The zero-order valence-electron chi connectivity index (χ0n) is 10.7. The summed E-state index contributed by atoms with van der Waals surface area (Å²) in [6.07, 6.45) is 3.47. The van der Waals surface area contributed by atoms with Gasteiger partial charge < -0.3 is 15.5 Å². The molecule has 1 heterocycles. The quantitative estimate of drug-likeness (QED) is 0.863. The van der Waals surface area contributed by atoms with Crippen LogP contribution in [0.1, 0.15) is 37.5 Å². The van der Waals surface area contributed by atoms with Gasteiger partial charge in [0.05, 0.1) is 0 Å². The van der Waals surface area contributed by atoms with Gasteiger partial charge in [-0.15, -0.1) is 0 Å². The highest BCUT2D eigenvalue weighted by Gasteiger charge is 2.28. The number of benzene rings is 1. The molecule has 0 atom stereocenters. The Morgan fingerprint density at radius 3 is 3.05 bits per heavy atom. The first-order valence-electron chi connectivity index (χ1n) is 6.66. The second-order valence-corrected chi connectivity index (χ2v) is 4.95. The fourth-order valence-corrected chi connectivity index (χ4v) is 2.01. The molecule has 1 aromatic heterocycles. The van der Waals surface area contributed by atoms with Crippen molar-refractivity contribution in [2.45, 2.75) is 31.6 Å². The minimum absolute atomic E-state index is 0.0179. The van der Waals surface area contributed by atoms with E-state index in [-0.39, 0.29) is 5.91 Å². The molecule has 5 nitrogen and oxygen atoms in total. The first-order chi connectivity index (χ1) is 9.26. The van der Waals surface area contributed by atoms with Crippen molar-refractivity contribution in [3.63, 3.8) is 0 Å². The van der Waals surface area contributed by atoms with Crippen LogP contribution >= 0.6 is 0 Å². The molecule has 1 fully saturated rings. The summed E-state index contributed by atoms with van der Waals surface area (Å²) in [4.78, 5) is 16.1. The number of nitrogens with zero attached hydrogens (tertiary/aromatic N) is 1. The lowest BCUT2D eigenvalue weighted by Crippen LogP contribution is -2.13. The van der Waals surface area contributed by atoms with Crippen LogP contribution in [0.5, 0.6) is 0 Å². The molecular weight excluding hydrogens is 242 g/mol. The van der Waals surface area contributed by atoms with Crippen molar-refractivity contribution in [2.75, 3.05) is 11.9 Å². The SMILES string of the molecule is NCCCC(=O)Nc1ccc2oc(C3CC3)nc2c1. The van der Waals surface area contributed by atoms with Crippen LogP contribution in [-0.4, -0.2) is 17.4 Å². The normalized spacial score (nSPS) is 14.8. The van der Waals surface area contributed by atoms with Crippen LogP contribution in [0.15, 0.2) is 22.6 Å². The number of oxazole rings is 1. The van der Waals surface area contributed by atoms with E-state index in [0.29, 0.717) is 25.3 Å². The summed E-state index contributed by atoms with van der Waals surface area (Å²) >= 11 is 0. The van der Waals surface area contributed by atoms with Crippen LogP contribution in [0.3, 0.4) is 0 Å². The summed E-state index contributed by atoms with van der Waals surface area (Å²) in [5.74, 6) is 1.30. The minimum Gasteiger partial charge on any atom is -0.440 e. The first-order valence-corrected chi connectivity index (χ1v) is 6.66. The second kappa shape index (κ2) is 5.01. The van der Waals surface area contributed by atoms with Crippen molar-refractivity contribution in [3.05, 3.63) is 24.1 Å². The molecule has 0 bridgehead atoms. The molecule has 2 aromatic rings. The number of hydrogen-bond acceptors (Lipinski definition) is 4. The number of nitrogens with one attached hydrogen (secondary N) is 1. The standard InChI is InChI=1S/C14H17N3O2/c15-7-1-2-13(18)16-10-5-6-12-11(8-10)17-14(19-12)9-3-4-9/h5-6,8-9H,1-4,7,15H2,(H,16,18). The lowest BCUT2D eigenvalue weighted by molar-refractivity contribution is -0.116. The van der Waals surface area contributed by atoms with Crippen molar-refractivity contribution >= 4 is 22.7 Å². The van der Waals surface area contributed by atoms with Gasteiger partial charge in [-0.1, -0.05) is 0 Å². The molecule has 0 aliphatic heterocycles. The summed E-state index contributed by atoms with van der Waals surface area (Å²) in [5.41, 5.74) is 7.72. The molecule has 1 aliphatic rings. The van der Waals surface area contributed by atoms with E-state index in [1.807, 2.05) is 18.2 Å². The van der Waals surface area contributed by atoms with E-state index in [9.17, 15) is 4.79 Å². The van der Waals surface area contributed by atoms with Crippen LogP contribution in [-0.2, 0) is 4.79 Å². The van der Waals surface area contributed by atoms with Gasteiger partial charge in [-0.2, -0.15) is 0 Å². The monoisotopic (exact) mass is 259 g/mol. The minimum atomic E-state index is -0.0179. The van der Waals surface area contributed by atoms with Crippen LogP contribution < -0.4 is 11.1 Å². The predicted molar refractivity (Wildman–Crippen MR) is 72.9 cm³/mol. The van der Waals surface area contributed by atoms with Gasteiger partial charge >= 0.3 is 0 Å². The molecular formula is C14H17N3O2. The Morgan fingerprint density at radius 2 is 2.32 bits per heavy atom. The van der Waals surface area contributed by atoms with E-state index in [1.54, 1.807) is 0 Å². The van der Waals surface area contributed by atoms with E-state index in [1.165, 1.54) is 0 Å². The maximum Gasteiger partial charge on any atom is 0.224 e. The van der Waals surface area contributed by atoms with E-state index < -0.39 is 0 Å². The van der Waals surface area contributed by atoms with E-state index in [0.717, 1.165) is 35.5 Å². The molecule has 5 heteroatoms. The van der Waals surface area contributed by atoms with Crippen molar-refractivity contribution in [2.24, 2.45) is 5.73 Å². The molecule has 0 unspecified atom stereocenters. The molecule has 19 heavy (non-hydrogen) atoms. The Kier molecular flexibility index (Phi) is 3.21. The third-order valence-electron chi connectivity index (χ3n) is 3.22. The first kappa shape index (κ1) is 12.2. The van der Waals surface area contributed by atoms with E-state index in [4.69, 9.17) is 10.2 Å². The summed E-state index contributed by atoms with van der Waals surface area (Å²) in [5, 5.41) is 2.85. The summed E-state index contributed by atoms with van der Waals surface area (Å²) in [6, 6.07) is 5.54. The van der Waals surface area contributed by atoms with Crippen LogP contribution in [0.2, 0.25) is 0 Å². The summed E-state index contributed by atoms with van der Waals surface area (Å²) in [6.45, 7) is 0.528. The van der Waals surface area contributed by atoms with Crippen LogP contribution in [0.25, 0.3) is 11.1 Å². The second-order valence-electron chi connectivity index (χ2n) is 4.95. The lowest BCUT2D eigenvalue weighted by Gasteiger charge is -2.03. The van der Waals surface area contributed by atoms with Gasteiger partial charge in [0.15, 0.2) is 11.5 Å². The molecule has 3 N–H and O–H groups in total. The number of fused-ring (bicyclic) bond motifs is 1. The highest BCUT2D eigenvalue weighted by molar-refractivity contribution is 5.92. The van der Waals surface area contributed by atoms with Gasteiger partial charge in [0.1, 0.15) is 5.52 Å². The number of amides is 1. The van der Waals surface area contributed by atoms with Crippen molar-refractivity contribution in [1.82, 2.24) is 4.98 Å². The third-order valence-corrected chi connectivity index (χ3v) is 3.22. The Balaban J connectivity index is 1.75. The Bertz CT molecular complexity index is 602. The molecule has 3 rings (SSSR count). The van der Waals surface area contributed by atoms with Gasteiger partial charge in [-0.25, -0.2) is 4.98 Å². The van der Waals surface area contributed by atoms with Gasteiger partial charge in [0.25, 0.3) is 0 Å². The van der Waals surface area contributed by atoms with Crippen molar-refractivity contribution in [3.8, 4) is 0 Å². The Morgan fingerprint density at radius 1 is 1.47 bits per heavy atom. The van der Waals surface area contributed by atoms with Gasteiger partial charge in [0, 0.05) is 18.0 Å². The largest absolute Gasteiger partial charge is 0.440 e. The number of aromatic nitrogens is 1. The third kappa shape index (κ3) is 2.76. The molecule has 1 amide bonds. The molecule has 0 saturated heterocycles. The average molecular weight is 259 g/mol. The summed E-state index contributed by atoms with van der Waals surface area (Å²) < 4.78 is 5.68. The van der Waals surface area contributed by atoms with E-state index in [2.05, 4.69) is 10.3 Å². The topological polar surface area (TPSA) is 81.2 Å². The van der Waals surface area contributed by atoms with Crippen LogP contribution in [0, 0.1) is 0 Å². The fraction of sp³-hybridized carbons (Fsp3) is 0.429. The molecule has 1 aromatic carbocycles. The molecule has 1 saturated carbocycles. The zero-order chi connectivity index (χ0) is 13.2. The number of nitrogens with two attached hydrogens (primary N) is 1. The van der Waals surface area contributed by atoms with Crippen molar-refractivity contribution in [1.29, 1.82) is 0 Å². The lowest BCUT2D eigenvalue weighted by atomic mass is 10.2. The zero-order valence-corrected chi connectivity index (χ0v) is 10.7. The highest BCUT2D eigenvalue weighted by atomic mass is 16.3. The fourth-order valence-electron chi connectivity index (χ4n) is 2.01. The highest BCUT2D eigenvalue weighted by Crippen LogP contribution is 2.40. The van der Waals surface area contributed by atoms with Crippen LogP contribution in [0.4, 0.5) is 5.69 Å². The smallest absolute Gasteiger partial charge is 0.224 e. The van der Waals surface area contributed by atoms with Gasteiger partial charge in [0.2, 0.25) is 5.91 Å². The van der Waals surface area contributed by atoms with Crippen molar-refractivity contribution < 1.29 is 9.21 Å². The van der Waals surface area contributed by atoms with Gasteiger partial charge in [-0.05, 0) is 44.0 Å². The van der Waals surface area contributed by atoms with E-state index >= 15 is 0 Å². The Labute approximate surface area is 111 Å². The van der Waals surface area contributed by atoms with Gasteiger partial charge in [-0.3, -0.25) is 4.79 Å². The number of rotatable bonds is 5. The Hall–Kier alpha value is -1.88. The number of carbonyl (C=O) groups excluding carboxylic acids is 1. The molecule has 100 valence electrons. The number of hydrogen-bond donors (Lipinski definition) is 2. The number of anilines is 1. The molecule has 0 radical (unpaired) electrons. The molecule has 1 aliphatic carbocycles. The average Bonchev–Trinajstić information content (AvgIpc) is 3.16. The number of carbonyl (C=O) groups is 1. The molecule has 0 spiro atoms.